The lowest BCUT2D eigenvalue weighted by Gasteiger charge is -2.04. The third kappa shape index (κ3) is 1.42. The van der Waals surface area contributed by atoms with Crippen molar-refractivity contribution < 1.29 is 9.90 Å². The molecule has 5 heteroatoms. The number of anilines is 1. The van der Waals surface area contributed by atoms with E-state index in [1.54, 1.807) is 13.0 Å². The van der Waals surface area contributed by atoms with Gasteiger partial charge in [0.25, 0.3) is 0 Å². The van der Waals surface area contributed by atoms with E-state index in [-0.39, 0.29) is 16.8 Å². The minimum atomic E-state index is -1.21. The summed E-state index contributed by atoms with van der Waals surface area (Å²) in [5.74, 6) is -1.21. The Labute approximate surface area is 74.4 Å². The molecule has 0 fully saturated rings. The summed E-state index contributed by atoms with van der Waals surface area (Å²) < 4.78 is 0. The predicted octanol–water partition coefficient (Wildman–Crippen LogP) is 0.542. The highest BCUT2D eigenvalue weighted by Gasteiger charge is 2.15. The monoisotopic (exact) mass is 177 g/mol. The minimum Gasteiger partial charge on any atom is -0.478 e. The summed E-state index contributed by atoms with van der Waals surface area (Å²) in [4.78, 5) is 14.5. The van der Waals surface area contributed by atoms with Crippen LogP contribution in [-0.4, -0.2) is 16.1 Å². The van der Waals surface area contributed by atoms with Crippen LogP contribution in [0.3, 0.4) is 0 Å². The summed E-state index contributed by atoms with van der Waals surface area (Å²) in [6, 6.07) is 1.72. The quantitative estimate of drug-likeness (QED) is 0.652. The van der Waals surface area contributed by atoms with Crippen LogP contribution in [0.2, 0.25) is 0 Å². The fraction of sp³-hybridized carbons (Fsp3) is 0.125. The Morgan fingerprint density at radius 1 is 1.77 bits per heavy atom. The molecule has 0 aromatic carbocycles. The largest absolute Gasteiger partial charge is 0.478 e. The van der Waals surface area contributed by atoms with Gasteiger partial charge in [0.1, 0.15) is 11.6 Å². The average Bonchev–Trinajstić information content (AvgIpc) is 2.08. The van der Waals surface area contributed by atoms with Crippen LogP contribution >= 0.6 is 0 Å². The highest BCUT2D eigenvalue weighted by atomic mass is 16.4. The average molecular weight is 177 g/mol. The number of carbonyl (C=O) groups is 1. The van der Waals surface area contributed by atoms with Crippen LogP contribution in [0.1, 0.15) is 21.6 Å². The Bertz CT molecular complexity index is 407. The lowest BCUT2D eigenvalue weighted by Crippen LogP contribution is -2.08. The number of pyridine rings is 1. The maximum atomic E-state index is 10.7. The van der Waals surface area contributed by atoms with Gasteiger partial charge in [-0.3, -0.25) is 4.98 Å². The number of rotatable bonds is 1. The first-order valence-corrected chi connectivity index (χ1v) is 3.46. The third-order valence-electron chi connectivity index (χ3n) is 1.65. The lowest BCUT2D eigenvalue weighted by molar-refractivity contribution is 0.0697. The third-order valence-corrected chi connectivity index (χ3v) is 1.65. The van der Waals surface area contributed by atoms with E-state index in [2.05, 4.69) is 4.98 Å². The zero-order chi connectivity index (χ0) is 10.0. The number of aromatic carboxylic acids is 1. The van der Waals surface area contributed by atoms with Gasteiger partial charge in [-0.25, -0.2) is 4.79 Å². The van der Waals surface area contributed by atoms with Gasteiger partial charge in [-0.15, -0.1) is 0 Å². The maximum Gasteiger partial charge on any atom is 0.339 e. The van der Waals surface area contributed by atoms with E-state index >= 15 is 0 Å². The van der Waals surface area contributed by atoms with Gasteiger partial charge >= 0.3 is 5.97 Å². The summed E-state index contributed by atoms with van der Waals surface area (Å²) in [7, 11) is 0. The summed E-state index contributed by atoms with van der Waals surface area (Å²) >= 11 is 0. The Morgan fingerprint density at radius 2 is 2.38 bits per heavy atom. The maximum absolute atomic E-state index is 10.7. The van der Waals surface area contributed by atoms with Crippen molar-refractivity contribution in [2.75, 3.05) is 5.73 Å². The first-order valence-electron chi connectivity index (χ1n) is 3.46. The predicted molar refractivity (Wildman–Crippen MR) is 45.1 cm³/mol. The summed E-state index contributed by atoms with van der Waals surface area (Å²) in [5, 5.41) is 17.3. The van der Waals surface area contributed by atoms with Crippen LogP contribution < -0.4 is 5.73 Å². The SMILES string of the molecule is Cc1ncc(C#N)c(C(=O)O)c1N. The summed E-state index contributed by atoms with van der Waals surface area (Å²) in [6.07, 6.45) is 1.20. The number of aromatic nitrogens is 1. The molecule has 13 heavy (non-hydrogen) atoms. The molecule has 0 aliphatic carbocycles. The van der Waals surface area contributed by atoms with Crippen molar-refractivity contribution in [2.45, 2.75) is 6.92 Å². The molecule has 0 bridgehead atoms. The first kappa shape index (κ1) is 9.00. The molecule has 5 nitrogen and oxygen atoms in total. The number of nitrogens with zero attached hydrogens (tertiary/aromatic N) is 2. The molecule has 0 saturated carbocycles. The van der Waals surface area contributed by atoms with Crippen molar-refractivity contribution in [3.05, 3.63) is 23.0 Å². The summed E-state index contributed by atoms with van der Waals surface area (Å²) in [5.41, 5.74) is 5.74. The molecular formula is C8H7N3O2. The topological polar surface area (TPSA) is 100 Å². The molecule has 0 spiro atoms. The molecule has 3 N–H and O–H groups in total. The Kier molecular flexibility index (Phi) is 2.15. The number of nitrogen functional groups attached to an aromatic ring is 1. The van der Waals surface area contributed by atoms with Gasteiger partial charge in [0.15, 0.2) is 0 Å². The second-order valence-electron chi connectivity index (χ2n) is 2.46. The van der Waals surface area contributed by atoms with Gasteiger partial charge in [0.2, 0.25) is 0 Å². The van der Waals surface area contributed by atoms with Crippen LogP contribution in [0.25, 0.3) is 0 Å². The van der Waals surface area contributed by atoms with Gasteiger partial charge in [0.05, 0.1) is 16.9 Å². The number of carboxylic acid groups (broad SMARTS) is 1. The van der Waals surface area contributed by atoms with Crippen LogP contribution in [-0.2, 0) is 0 Å². The van der Waals surface area contributed by atoms with Gasteiger partial charge < -0.3 is 10.8 Å². The van der Waals surface area contributed by atoms with Crippen molar-refractivity contribution in [3.63, 3.8) is 0 Å². The molecule has 0 saturated heterocycles. The molecule has 1 aromatic rings. The van der Waals surface area contributed by atoms with E-state index in [9.17, 15) is 4.79 Å². The minimum absolute atomic E-state index is 0.0180. The summed E-state index contributed by atoms with van der Waals surface area (Å²) in [6.45, 7) is 1.59. The van der Waals surface area contributed by atoms with Crippen molar-refractivity contribution in [1.82, 2.24) is 4.98 Å². The molecule has 0 radical (unpaired) electrons. The second kappa shape index (κ2) is 3.11. The normalized spacial score (nSPS) is 9.23. The van der Waals surface area contributed by atoms with E-state index in [1.165, 1.54) is 6.20 Å². The lowest BCUT2D eigenvalue weighted by atomic mass is 10.1. The Morgan fingerprint density at radius 3 is 2.85 bits per heavy atom. The van der Waals surface area contributed by atoms with E-state index in [0.717, 1.165) is 0 Å². The second-order valence-corrected chi connectivity index (χ2v) is 2.46. The molecule has 66 valence electrons. The van der Waals surface area contributed by atoms with Crippen LogP contribution in [0.4, 0.5) is 5.69 Å². The molecule has 1 heterocycles. The van der Waals surface area contributed by atoms with Crippen LogP contribution in [0.5, 0.6) is 0 Å². The molecule has 1 aromatic heterocycles. The number of aryl methyl sites for hydroxylation is 1. The van der Waals surface area contributed by atoms with Crippen molar-refractivity contribution in [2.24, 2.45) is 0 Å². The zero-order valence-corrected chi connectivity index (χ0v) is 6.90. The number of nitrogens with two attached hydrogens (primary N) is 1. The van der Waals surface area contributed by atoms with Gasteiger partial charge in [-0.05, 0) is 6.92 Å². The van der Waals surface area contributed by atoms with Crippen molar-refractivity contribution in [1.29, 1.82) is 5.26 Å². The van der Waals surface area contributed by atoms with E-state index in [0.29, 0.717) is 5.69 Å². The number of carboxylic acids is 1. The number of hydrogen-bond acceptors (Lipinski definition) is 4. The first-order chi connectivity index (χ1) is 6.07. The van der Waals surface area contributed by atoms with Gasteiger partial charge in [0, 0.05) is 6.20 Å². The number of nitriles is 1. The Balaban J connectivity index is 3.53. The van der Waals surface area contributed by atoms with E-state index < -0.39 is 5.97 Å². The molecule has 0 unspecified atom stereocenters. The van der Waals surface area contributed by atoms with Crippen molar-refractivity contribution >= 4 is 11.7 Å². The number of hydrogen-bond donors (Lipinski definition) is 2. The Hall–Kier alpha value is -2.09. The van der Waals surface area contributed by atoms with E-state index in [1.807, 2.05) is 0 Å². The van der Waals surface area contributed by atoms with Gasteiger partial charge in [-0.2, -0.15) is 5.26 Å². The molecule has 0 amide bonds. The molecule has 0 aliphatic heterocycles. The fourth-order valence-corrected chi connectivity index (χ4v) is 0.937. The van der Waals surface area contributed by atoms with E-state index in [4.69, 9.17) is 16.1 Å². The highest BCUT2D eigenvalue weighted by Crippen LogP contribution is 2.18. The molecule has 1 rings (SSSR count). The standard InChI is InChI=1S/C8H7N3O2/c1-4-7(10)6(8(12)13)5(2-9)3-11-4/h3H,10H2,1H3,(H,12,13). The zero-order valence-electron chi connectivity index (χ0n) is 6.90. The smallest absolute Gasteiger partial charge is 0.339 e. The van der Waals surface area contributed by atoms with Crippen molar-refractivity contribution in [3.8, 4) is 6.07 Å². The molecule has 0 atom stereocenters. The van der Waals surface area contributed by atoms with Gasteiger partial charge in [-0.1, -0.05) is 0 Å². The highest BCUT2D eigenvalue weighted by molar-refractivity contribution is 5.96. The molecular weight excluding hydrogens is 170 g/mol. The fourth-order valence-electron chi connectivity index (χ4n) is 0.937. The molecule has 0 aliphatic rings. The van der Waals surface area contributed by atoms with Crippen LogP contribution in [0.15, 0.2) is 6.20 Å². The van der Waals surface area contributed by atoms with Crippen LogP contribution in [0, 0.1) is 18.3 Å².